The third-order valence-corrected chi connectivity index (χ3v) is 4.67. The highest BCUT2D eigenvalue weighted by Crippen LogP contribution is 2.24. The quantitative estimate of drug-likeness (QED) is 0.849. The van der Waals surface area contributed by atoms with Gasteiger partial charge in [-0.2, -0.15) is 0 Å². The molecule has 3 rings (SSSR count). The molecule has 3 nitrogen and oxygen atoms in total. The molecule has 1 aliphatic rings. The maximum atomic E-state index is 13.4. The molecule has 2 heterocycles. The molecule has 0 amide bonds. The second-order valence-corrected chi connectivity index (χ2v) is 5.93. The molecule has 1 aromatic carbocycles. The SMILES string of the molecule is CC[C@@H]1CCCCN1Cc1nc2cc(F)ccc2n1CC. The lowest BCUT2D eigenvalue weighted by atomic mass is 10.0. The van der Waals surface area contributed by atoms with Gasteiger partial charge in [0.2, 0.25) is 0 Å². The lowest BCUT2D eigenvalue weighted by molar-refractivity contribution is 0.131. The summed E-state index contributed by atoms with van der Waals surface area (Å²) in [4.78, 5) is 7.24. The Bertz CT molecular complexity index is 620. The van der Waals surface area contributed by atoms with Crippen molar-refractivity contribution in [1.82, 2.24) is 14.5 Å². The van der Waals surface area contributed by atoms with Crippen LogP contribution in [-0.4, -0.2) is 27.0 Å². The number of imidazole rings is 1. The lowest BCUT2D eigenvalue weighted by Gasteiger charge is -2.34. The molecule has 0 radical (unpaired) electrons. The molecule has 0 N–H and O–H groups in total. The molecule has 2 aromatic rings. The summed E-state index contributed by atoms with van der Waals surface area (Å²) in [7, 11) is 0. The van der Waals surface area contributed by atoms with Gasteiger partial charge in [-0.3, -0.25) is 4.90 Å². The largest absolute Gasteiger partial charge is 0.327 e. The van der Waals surface area contributed by atoms with E-state index in [2.05, 4.69) is 28.3 Å². The summed E-state index contributed by atoms with van der Waals surface area (Å²) in [5, 5.41) is 0. The second-order valence-electron chi connectivity index (χ2n) is 5.93. The number of fused-ring (bicyclic) bond motifs is 1. The average molecular weight is 289 g/mol. The van der Waals surface area contributed by atoms with Crippen LogP contribution in [0.4, 0.5) is 4.39 Å². The number of halogens is 1. The molecule has 1 atom stereocenters. The molecule has 1 fully saturated rings. The van der Waals surface area contributed by atoms with Crippen LogP contribution in [0, 0.1) is 5.82 Å². The maximum absolute atomic E-state index is 13.4. The van der Waals surface area contributed by atoms with Crippen LogP contribution < -0.4 is 0 Å². The highest BCUT2D eigenvalue weighted by Gasteiger charge is 2.23. The molecule has 4 heteroatoms. The number of benzene rings is 1. The third kappa shape index (κ3) is 2.82. The van der Waals surface area contributed by atoms with Gasteiger partial charge in [-0.05, 0) is 44.9 Å². The molecule has 1 aromatic heterocycles. The van der Waals surface area contributed by atoms with Crippen LogP contribution in [0.15, 0.2) is 18.2 Å². The van der Waals surface area contributed by atoms with Gasteiger partial charge in [0, 0.05) is 18.7 Å². The number of nitrogens with zero attached hydrogens (tertiary/aromatic N) is 3. The maximum Gasteiger partial charge on any atom is 0.125 e. The molecular weight excluding hydrogens is 265 g/mol. The highest BCUT2D eigenvalue weighted by atomic mass is 19.1. The lowest BCUT2D eigenvalue weighted by Crippen LogP contribution is -2.39. The summed E-state index contributed by atoms with van der Waals surface area (Å²) < 4.78 is 15.6. The first-order valence-corrected chi connectivity index (χ1v) is 8.11. The van der Waals surface area contributed by atoms with E-state index in [1.165, 1.54) is 31.7 Å². The van der Waals surface area contributed by atoms with Crippen LogP contribution in [-0.2, 0) is 13.1 Å². The van der Waals surface area contributed by atoms with Crippen LogP contribution >= 0.6 is 0 Å². The van der Waals surface area contributed by atoms with Gasteiger partial charge in [0.1, 0.15) is 11.6 Å². The normalized spacial score (nSPS) is 20.2. The molecule has 0 saturated carbocycles. The number of hydrogen-bond acceptors (Lipinski definition) is 2. The van der Waals surface area contributed by atoms with Crippen molar-refractivity contribution < 1.29 is 4.39 Å². The molecule has 21 heavy (non-hydrogen) atoms. The molecule has 0 unspecified atom stereocenters. The summed E-state index contributed by atoms with van der Waals surface area (Å²) in [6, 6.07) is 5.58. The van der Waals surface area contributed by atoms with Crippen molar-refractivity contribution in [1.29, 1.82) is 0 Å². The summed E-state index contributed by atoms with van der Waals surface area (Å²) in [6.45, 7) is 7.30. The Morgan fingerprint density at radius 3 is 2.90 bits per heavy atom. The first-order valence-electron chi connectivity index (χ1n) is 8.11. The van der Waals surface area contributed by atoms with Crippen molar-refractivity contribution in [3.05, 3.63) is 29.8 Å². The summed E-state index contributed by atoms with van der Waals surface area (Å²) in [5.74, 6) is 0.859. The Morgan fingerprint density at radius 2 is 2.14 bits per heavy atom. The summed E-state index contributed by atoms with van der Waals surface area (Å²) in [5.41, 5.74) is 1.82. The topological polar surface area (TPSA) is 21.1 Å². The number of aromatic nitrogens is 2. The van der Waals surface area contributed by atoms with Gasteiger partial charge in [-0.25, -0.2) is 9.37 Å². The smallest absolute Gasteiger partial charge is 0.125 e. The van der Waals surface area contributed by atoms with E-state index >= 15 is 0 Å². The second kappa shape index (κ2) is 6.14. The molecule has 1 aliphatic heterocycles. The van der Waals surface area contributed by atoms with E-state index < -0.39 is 0 Å². The van der Waals surface area contributed by atoms with E-state index in [0.29, 0.717) is 6.04 Å². The van der Waals surface area contributed by atoms with Crippen molar-refractivity contribution in [2.45, 2.75) is 58.7 Å². The monoisotopic (exact) mass is 289 g/mol. The van der Waals surface area contributed by atoms with Gasteiger partial charge in [-0.15, -0.1) is 0 Å². The van der Waals surface area contributed by atoms with Crippen LogP contribution in [0.3, 0.4) is 0 Å². The van der Waals surface area contributed by atoms with Crippen molar-refractivity contribution >= 4 is 11.0 Å². The molecular formula is C17H24FN3. The minimum Gasteiger partial charge on any atom is -0.327 e. The van der Waals surface area contributed by atoms with Gasteiger partial charge >= 0.3 is 0 Å². The summed E-state index contributed by atoms with van der Waals surface area (Å²) in [6.07, 6.45) is 5.10. The van der Waals surface area contributed by atoms with Crippen LogP contribution in [0.5, 0.6) is 0 Å². The predicted molar refractivity (Wildman–Crippen MR) is 83.7 cm³/mol. The van der Waals surface area contributed by atoms with E-state index in [4.69, 9.17) is 0 Å². The van der Waals surface area contributed by atoms with E-state index in [0.717, 1.165) is 36.5 Å². The van der Waals surface area contributed by atoms with Crippen molar-refractivity contribution in [3.63, 3.8) is 0 Å². The Balaban J connectivity index is 1.92. The van der Waals surface area contributed by atoms with Gasteiger partial charge in [0.05, 0.1) is 17.6 Å². The minimum atomic E-state index is -0.209. The standard InChI is InChI=1S/C17H24FN3/c1-3-14-7-5-6-10-20(14)12-17-19-15-11-13(18)8-9-16(15)21(17)4-2/h8-9,11,14H,3-7,10,12H2,1-2H3/t14-/m1/s1. The van der Waals surface area contributed by atoms with Crippen molar-refractivity contribution in [2.24, 2.45) is 0 Å². The first-order chi connectivity index (χ1) is 10.2. The van der Waals surface area contributed by atoms with Gasteiger partial charge in [-0.1, -0.05) is 13.3 Å². The Kier molecular flexibility index (Phi) is 4.24. The Labute approximate surface area is 125 Å². The third-order valence-electron chi connectivity index (χ3n) is 4.67. The minimum absolute atomic E-state index is 0.209. The van der Waals surface area contributed by atoms with Crippen molar-refractivity contribution in [2.75, 3.05) is 6.54 Å². The molecule has 1 saturated heterocycles. The van der Waals surface area contributed by atoms with Crippen molar-refractivity contribution in [3.8, 4) is 0 Å². The van der Waals surface area contributed by atoms with Gasteiger partial charge in [0.15, 0.2) is 0 Å². The zero-order chi connectivity index (χ0) is 14.8. The van der Waals surface area contributed by atoms with Crippen LogP contribution in [0.1, 0.15) is 45.4 Å². The molecule has 114 valence electrons. The average Bonchev–Trinajstić information content (AvgIpc) is 2.83. The fraction of sp³-hybridized carbons (Fsp3) is 0.588. The fourth-order valence-corrected chi connectivity index (χ4v) is 3.54. The highest BCUT2D eigenvalue weighted by molar-refractivity contribution is 5.76. The van der Waals surface area contributed by atoms with Crippen LogP contribution in [0.2, 0.25) is 0 Å². The predicted octanol–water partition coefficient (Wildman–Crippen LogP) is 3.96. The molecule has 0 aliphatic carbocycles. The fourth-order valence-electron chi connectivity index (χ4n) is 3.54. The molecule has 0 bridgehead atoms. The summed E-state index contributed by atoms with van der Waals surface area (Å²) >= 11 is 0. The zero-order valence-electron chi connectivity index (χ0n) is 13.0. The molecule has 0 spiro atoms. The first kappa shape index (κ1) is 14.5. The number of aryl methyl sites for hydroxylation is 1. The van der Waals surface area contributed by atoms with Gasteiger partial charge < -0.3 is 4.57 Å². The number of piperidine rings is 1. The Hall–Kier alpha value is -1.42. The van der Waals surface area contributed by atoms with E-state index in [-0.39, 0.29) is 5.82 Å². The van der Waals surface area contributed by atoms with Gasteiger partial charge in [0.25, 0.3) is 0 Å². The van der Waals surface area contributed by atoms with E-state index in [9.17, 15) is 4.39 Å². The number of rotatable bonds is 4. The van der Waals surface area contributed by atoms with E-state index in [1.54, 1.807) is 6.07 Å². The number of hydrogen-bond donors (Lipinski definition) is 0. The zero-order valence-corrected chi connectivity index (χ0v) is 13.0. The number of likely N-dealkylation sites (tertiary alicyclic amines) is 1. The van der Waals surface area contributed by atoms with Crippen LogP contribution in [0.25, 0.3) is 11.0 Å². The van der Waals surface area contributed by atoms with E-state index in [1.807, 2.05) is 6.07 Å². The Morgan fingerprint density at radius 1 is 1.29 bits per heavy atom.